The highest BCUT2D eigenvalue weighted by Gasteiger charge is 2.22. The Labute approximate surface area is 149 Å². The number of carbonyl (C=O) groups is 2. The molecule has 2 aromatic carbocycles. The van der Waals surface area contributed by atoms with Gasteiger partial charge in [0, 0.05) is 6.42 Å². The number of amides is 1. The van der Waals surface area contributed by atoms with Crippen molar-refractivity contribution in [1.82, 2.24) is 5.32 Å². The molecule has 0 unspecified atom stereocenters. The van der Waals surface area contributed by atoms with Crippen molar-refractivity contribution >= 4 is 35.1 Å². The number of halogens is 2. The van der Waals surface area contributed by atoms with Gasteiger partial charge in [-0.15, -0.1) is 0 Å². The summed E-state index contributed by atoms with van der Waals surface area (Å²) in [5, 5.41) is 12.5. The van der Waals surface area contributed by atoms with Crippen molar-refractivity contribution in [3.8, 4) is 5.75 Å². The third-order valence-corrected chi connectivity index (χ3v) is 4.00. The SMILES string of the molecule is COc1ccc(C[C@@H](NC(=O)c2ccccc2Cl)C(=O)O)cc1Cl. The van der Waals surface area contributed by atoms with E-state index in [0.29, 0.717) is 16.3 Å². The third kappa shape index (κ3) is 4.40. The van der Waals surface area contributed by atoms with Gasteiger partial charge in [-0.25, -0.2) is 4.79 Å². The highest BCUT2D eigenvalue weighted by Crippen LogP contribution is 2.25. The lowest BCUT2D eigenvalue weighted by molar-refractivity contribution is -0.139. The number of carboxylic acids is 1. The molecule has 5 nitrogen and oxygen atoms in total. The molecular formula is C17H15Cl2NO4. The number of aliphatic carboxylic acids is 1. The normalized spacial score (nSPS) is 11.6. The van der Waals surface area contributed by atoms with E-state index in [9.17, 15) is 14.7 Å². The first-order chi connectivity index (χ1) is 11.4. The lowest BCUT2D eigenvalue weighted by Gasteiger charge is -2.16. The molecule has 1 atom stereocenters. The van der Waals surface area contributed by atoms with Crippen molar-refractivity contribution < 1.29 is 19.4 Å². The van der Waals surface area contributed by atoms with Gasteiger partial charge in [-0.05, 0) is 29.8 Å². The van der Waals surface area contributed by atoms with Crippen LogP contribution in [-0.4, -0.2) is 30.1 Å². The quantitative estimate of drug-likeness (QED) is 0.819. The van der Waals surface area contributed by atoms with E-state index in [-0.39, 0.29) is 17.0 Å². The Hall–Kier alpha value is -2.24. The van der Waals surface area contributed by atoms with E-state index in [0.717, 1.165) is 0 Å². The van der Waals surface area contributed by atoms with Crippen LogP contribution in [0, 0.1) is 0 Å². The van der Waals surface area contributed by atoms with Gasteiger partial charge in [-0.2, -0.15) is 0 Å². The molecule has 2 rings (SSSR count). The summed E-state index contributed by atoms with van der Waals surface area (Å²) in [4.78, 5) is 23.7. The predicted octanol–water partition coefficient (Wildman–Crippen LogP) is 3.43. The first-order valence-electron chi connectivity index (χ1n) is 7.03. The van der Waals surface area contributed by atoms with Crippen molar-refractivity contribution in [2.75, 3.05) is 7.11 Å². The van der Waals surface area contributed by atoms with E-state index in [1.54, 1.807) is 36.4 Å². The molecule has 0 fully saturated rings. The van der Waals surface area contributed by atoms with E-state index >= 15 is 0 Å². The zero-order valence-corrected chi connectivity index (χ0v) is 14.3. The van der Waals surface area contributed by atoms with E-state index < -0.39 is 17.9 Å². The maximum absolute atomic E-state index is 12.2. The molecule has 0 aliphatic rings. The number of benzene rings is 2. The molecule has 0 bridgehead atoms. The van der Waals surface area contributed by atoms with Gasteiger partial charge in [-0.1, -0.05) is 41.4 Å². The molecule has 0 saturated carbocycles. The van der Waals surface area contributed by atoms with E-state index in [1.807, 2.05) is 0 Å². The average molecular weight is 368 g/mol. The van der Waals surface area contributed by atoms with Crippen LogP contribution in [0.25, 0.3) is 0 Å². The van der Waals surface area contributed by atoms with Gasteiger partial charge < -0.3 is 15.2 Å². The van der Waals surface area contributed by atoms with Crippen LogP contribution < -0.4 is 10.1 Å². The first kappa shape index (κ1) is 18.1. The molecule has 2 aromatic rings. The van der Waals surface area contributed by atoms with Crippen molar-refractivity contribution in [2.24, 2.45) is 0 Å². The van der Waals surface area contributed by atoms with Crippen LogP contribution in [0.15, 0.2) is 42.5 Å². The molecule has 0 radical (unpaired) electrons. The summed E-state index contributed by atoms with van der Waals surface area (Å²) in [6, 6.07) is 10.3. The van der Waals surface area contributed by atoms with Crippen molar-refractivity contribution in [3.63, 3.8) is 0 Å². The predicted molar refractivity (Wildman–Crippen MR) is 92.1 cm³/mol. The standard InChI is InChI=1S/C17H15Cl2NO4/c1-24-15-7-6-10(8-13(15)19)9-14(17(22)23)20-16(21)11-4-2-3-5-12(11)18/h2-8,14H,9H2,1H3,(H,20,21)(H,22,23)/t14-/m1/s1. The van der Waals surface area contributed by atoms with Crippen LogP contribution >= 0.6 is 23.2 Å². The van der Waals surface area contributed by atoms with E-state index in [4.69, 9.17) is 27.9 Å². The maximum Gasteiger partial charge on any atom is 0.326 e. The lowest BCUT2D eigenvalue weighted by atomic mass is 10.0. The highest BCUT2D eigenvalue weighted by atomic mass is 35.5. The van der Waals surface area contributed by atoms with Crippen LogP contribution in [0.2, 0.25) is 10.0 Å². The second-order valence-electron chi connectivity index (χ2n) is 5.02. The molecule has 0 aliphatic carbocycles. The Bertz CT molecular complexity index is 764. The number of hydrogen-bond donors (Lipinski definition) is 2. The molecule has 24 heavy (non-hydrogen) atoms. The second kappa shape index (κ2) is 8.04. The number of carbonyl (C=O) groups excluding carboxylic acids is 1. The van der Waals surface area contributed by atoms with Crippen LogP contribution in [-0.2, 0) is 11.2 Å². The maximum atomic E-state index is 12.2. The number of hydrogen-bond acceptors (Lipinski definition) is 3. The lowest BCUT2D eigenvalue weighted by Crippen LogP contribution is -2.42. The third-order valence-electron chi connectivity index (χ3n) is 3.38. The molecule has 126 valence electrons. The summed E-state index contributed by atoms with van der Waals surface area (Å²) < 4.78 is 5.06. The summed E-state index contributed by atoms with van der Waals surface area (Å²) in [5.41, 5.74) is 0.880. The number of nitrogens with one attached hydrogen (secondary N) is 1. The molecular weight excluding hydrogens is 353 g/mol. The minimum atomic E-state index is -1.15. The zero-order chi connectivity index (χ0) is 17.7. The number of ether oxygens (including phenoxy) is 1. The van der Waals surface area contributed by atoms with Crippen LogP contribution in [0.5, 0.6) is 5.75 Å². The van der Waals surface area contributed by atoms with Crippen LogP contribution in [0.3, 0.4) is 0 Å². The fourth-order valence-corrected chi connectivity index (χ4v) is 2.66. The Kier molecular flexibility index (Phi) is 6.06. The summed E-state index contributed by atoms with van der Waals surface area (Å²) in [5.74, 6) is -1.21. The van der Waals surface area contributed by atoms with E-state index in [2.05, 4.69) is 5.32 Å². The second-order valence-corrected chi connectivity index (χ2v) is 5.83. The Morgan fingerprint density at radius 2 is 1.88 bits per heavy atom. The Balaban J connectivity index is 2.15. The monoisotopic (exact) mass is 367 g/mol. The van der Waals surface area contributed by atoms with Crippen LogP contribution in [0.1, 0.15) is 15.9 Å². The molecule has 0 heterocycles. The molecule has 7 heteroatoms. The van der Waals surface area contributed by atoms with Gasteiger partial charge in [0.1, 0.15) is 11.8 Å². The first-order valence-corrected chi connectivity index (χ1v) is 7.78. The number of carboxylic acid groups (broad SMARTS) is 1. The highest BCUT2D eigenvalue weighted by molar-refractivity contribution is 6.33. The van der Waals surface area contributed by atoms with Gasteiger partial charge in [0.05, 0.1) is 22.7 Å². The molecule has 0 spiro atoms. The Morgan fingerprint density at radius 1 is 1.17 bits per heavy atom. The molecule has 2 N–H and O–H groups in total. The number of methoxy groups -OCH3 is 1. The van der Waals surface area contributed by atoms with Crippen molar-refractivity contribution in [3.05, 3.63) is 63.6 Å². The Morgan fingerprint density at radius 3 is 2.46 bits per heavy atom. The van der Waals surface area contributed by atoms with Gasteiger partial charge in [0.15, 0.2) is 0 Å². The fraction of sp³-hybridized carbons (Fsp3) is 0.176. The zero-order valence-electron chi connectivity index (χ0n) is 12.8. The topological polar surface area (TPSA) is 75.6 Å². The minimum Gasteiger partial charge on any atom is -0.495 e. The number of rotatable bonds is 6. The van der Waals surface area contributed by atoms with Gasteiger partial charge in [-0.3, -0.25) is 4.79 Å². The average Bonchev–Trinajstić information content (AvgIpc) is 2.54. The summed E-state index contributed by atoms with van der Waals surface area (Å²) in [6.07, 6.45) is 0.0786. The smallest absolute Gasteiger partial charge is 0.326 e. The summed E-state index contributed by atoms with van der Waals surface area (Å²) in [6.45, 7) is 0. The van der Waals surface area contributed by atoms with Crippen molar-refractivity contribution in [1.29, 1.82) is 0 Å². The molecule has 0 saturated heterocycles. The van der Waals surface area contributed by atoms with Gasteiger partial charge >= 0.3 is 5.97 Å². The minimum absolute atomic E-state index is 0.0786. The fourth-order valence-electron chi connectivity index (χ4n) is 2.15. The molecule has 1 amide bonds. The largest absolute Gasteiger partial charge is 0.495 e. The van der Waals surface area contributed by atoms with E-state index in [1.165, 1.54) is 13.2 Å². The van der Waals surface area contributed by atoms with Gasteiger partial charge in [0.2, 0.25) is 0 Å². The summed E-state index contributed by atoms with van der Waals surface area (Å²) in [7, 11) is 1.49. The van der Waals surface area contributed by atoms with Crippen LogP contribution in [0.4, 0.5) is 0 Å². The molecule has 0 aromatic heterocycles. The van der Waals surface area contributed by atoms with Gasteiger partial charge in [0.25, 0.3) is 5.91 Å². The van der Waals surface area contributed by atoms with Crippen molar-refractivity contribution in [2.45, 2.75) is 12.5 Å². The summed E-state index contributed by atoms with van der Waals surface area (Å²) >= 11 is 12.0. The molecule has 0 aliphatic heterocycles.